The van der Waals surface area contributed by atoms with Crippen molar-refractivity contribution in [2.24, 2.45) is 0 Å². The van der Waals surface area contributed by atoms with E-state index in [9.17, 15) is 14.4 Å². The summed E-state index contributed by atoms with van der Waals surface area (Å²) in [4.78, 5) is 35.2. The molecule has 0 spiro atoms. The van der Waals surface area contributed by atoms with E-state index in [0.29, 0.717) is 22.6 Å². The average Bonchev–Trinajstić information content (AvgIpc) is 3.04. The topological polar surface area (TPSA) is 78.9 Å². The van der Waals surface area contributed by atoms with Crippen LogP contribution in [0.15, 0.2) is 54.6 Å². The molecule has 6 nitrogen and oxygen atoms in total. The lowest BCUT2D eigenvalue weighted by Crippen LogP contribution is -2.05. The largest absolute Gasteiger partial charge is 0.426 e. The third kappa shape index (κ3) is 3.00. The number of carbonyl (C=O) groups is 3. The molecule has 158 valence electrons. The highest BCUT2D eigenvalue weighted by Crippen LogP contribution is 2.54. The molecule has 32 heavy (non-hydrogen) atoms. The summed E-state index contributed by atoms with van der Waals surface area (Å²) >= 11 is 0. The standard InChI is InChI=1S/C26H18O6/c1-13(27)30-21-11-10-16-20-12-23(32-15(3)29)26-19(8-5-9-22(26)31-14(2)28)25(20)18-7-4-6-17(21)24(16)18/h4-12H,1-3H3. The minimum Gasteiger partial charge on any atom is -0.426 e. The second kappa shape index (κ2) is 7.20. The Hall–Kier alpha value is -4.19. The predicted molar refractivity (Wildman–Crippen MR) is 120 cm³/mol. The minimum atomic E-state index is -0.477. The van der Waals surface area contributed by atoms with E-state index in [-0.39, 0.29) is 0 Å². The summed E-state index contributed by atoms with van der Waals surface area (Å²) in [6.45, 7) is 4.02. The molecule has 0 radical (unpaired) electrons. The molecule has 0 fully saturated rings. The maximum absolute atomic E-state index is 11.9. The van der Waals surface area contributed by atoms with Gasteiger partial charge in [-0.2, -0.15) is 0 Å². The fourth-order valence-corrected chi connectivity index (χ4v) is 4.45. The number of fused-ring (bicyclic) bond motifs is 5. The van der Waals surface area contributed by atoms with E-state index in [2.05, 4.69) is 0 Å². The van der Waals surface area contributed by atoms with E-state index in [4.69, 9.17) is 14.2 Å². The predicted octanol–water partition coefficient (Wildman–Crippen LogP) is 5.42. The van der Waals surface area contributed by atoms with Gasteiger partial charge in [0.05, 0.1) is 5.39 Å². The van der Waals surface area contributed by atoms with Gasteiger partial charge in [0, 0.05) is 31.5 Å². The van der Waals surface area contributed by atoms with Crippen molar-refractivity contribution >= 4 is 39.5 Å². The zero-order chi connectivity index (χ0) is 22.6. The quantitative estimate of drug-likeness (QED) is 0.283. The van der Waals surface area contributed by atoms with Crippen LogP contribution in [0, 0.1) is 0 Å². The Labute approximate surface area is 183 Å². The first-order valence-electron chi connectivity index (χ1n) is 10.1. The smallest absolute Gasteiger partial charge is 0.308 e. The average molecular weight is 426 g/mol. The van der Waals surface area contributed by atoms with Gasteiger partial charge in [-0.15, -0.1) is 0 Å². The van der Waals surface area contributed by atoms with Crippen molar-refractivity contribution in [2.45, 2.75) is 20.8 Å². The van der Waals surface area contributed by atoms with Gasteiger partial charge in [0.1, 0.15) is 17.2 Å². The molecule has 0 bridgehead atoms. The number of benzene rings is 4. The Balaban J connectivity index is 1.88. The third-order valence-corrected chi connectivity index (χ3v) is 5.41. The molecule has 1 aliphatic carbocycles. The van der Waals surface area contributed by atoms with Crippen molar-refractivity contribution in [1.82, 2.24) is 0 Å². The summed E-state index contributed by atoms with van der Waals surface area (Å²) in [5.41, 5.74) is 3.72. The summed E-state index contributed by atoms with van der Waals surface area (Å²) in [5, 5.41) is 3.09. The summed E-state index contributed by atoms with van der Waals surface area (Å²) in [6.07, 6.45) is 0. The highest BCUT2D eigenvalue weighted by molar-refractivity contribution is 6.24. The second-order valence-electron chi connectivity index (χ2n) is 7.60. The minimum absolute atomic E-state index is 0.313. The zero-order valence-electron chi connectivity index (χ0n) is 17.6. The molecule has 5 rings (SSSR count). The van der Waals surface area contributed by atoms with Crippen molar-refractivity contribution < 1.29 is 28.6 Å². The zero-order valence-corrected chi connectivity index (χ0v) is 17.6. The van der Waals surface area contributed by atoms with E-state index in [1.165, 1.54) is 20.8 Å². The molecule has 0 aromatic heterocycles. The molecule has 4 aromatic rings. The van der Waals surface area contributed by atoms with Gasteiger partial charge in [-0.05, 0) is 51.9 Å². The lowest BCUT2D eigenvalue weighted by molar-refractivity contribution is -0.132. The van der Waals surface area contributed by atoms with Crippen LogP contribution in [0.3, 0.4) is 0 Å². The van der Waals surface area contributed by atoms with Gasteiger partial charge in [-0.1, -0.05) is 30.3 Å². The fourth-order valence-electron chi connectivity index (χ4n) is 4.45. The maximum Gasteiger partial charge on any atom is 0.308 e. The van der Waals surface area contributed by atoms with Crippen molar-refractivity contribution in [2.75, 3.05) is 0 Å². The Kier molecular flexibility index (Phi) is 4.44. The lowest BCUT2D eigenvalue weighted by atomic mass is 9.95. The first-order valence-corrected chi connectivity index (χ1v) is 10.1. The van der Waals surface area contributed by atoms with Crippen LogP contribution in [0.4, 0.5) is 0 Å². The Morgan fingerprint density at radius 3 is 1.91 bits per heavy atom. The Bertz CT molecular complexity index is 1480. The molecule has 4 aromatic carbocycles. The van der Waals surface area contributed by atoms with Crippen molar-refractivity contribution in [1.29, 1.82) is 0 Å². The number of ether oxygens (including phenoxy) is 3. The van der Waals surface area contributed by atoms with Crippen LogP contribution in [0.25, 0.3) is 43.8 Å². The van der Waals surface area contributed by atoms with E-state index >= 15 is 0 Å². The van der Waals surface area contributed by atoms with Crippen LogP contribution < -0.4 is 14.2 Å². The summed E-state index contributed by atoms with van der Waals surface area (Å²) in [5.74, 6) is -0.227. The molecule has 0 amide bonds. The van der Waals surface area contributed by atoms with E-state index in [1.807, 2.05) is 30.3 Å². The first-order chi connectivity index (χ1) is 15.3. The van der Waals surface area contributed by atoms with Crippen LogP contribution >= 0.6 is 0 Å². The molecule has 0 N–H and O–H groups in total. The summed E-state index contributed by atoms with van der Waals surface area (Å²) < 4.78 is 16.4. The molecular formula is C26H18O6. The van der Waals surface area contributed by atoms with Crippen LogP contribution in [-0.4, -0.2) is 17.9 Å². The summed E-state index contributed by atoms with van der Waals surface area (Å²) in [6, 6.07) is 16.7. The lowest BCUT2D eigenvalue weighted by Gasteiger charge is -2.15. The Morgan fingerprint density at radius 1 is 0.562 bits per heavy atom. The van der Waals surface area contributed by atoms with E-state index < -0.39 is 17.9 Å². The van der Waals surface area contributed by atoms with Crippen molar-refractivity contribution in [3.05, 3.63) is 54.6 Å². The van der Waals surface area contributed by atoms with Gasteiger partial charge in [0.25, 0.3) is 0 Å². The van der Waals surface area contributed by atoms with Gasteiger partial charge < -0.3 is 14.2 Å². The van der Waals surface area contributed by atoms with Gasteiger partial charge in [-0.25, -0.2) is 0 Å². The fraction of sp³-hybridized carbons (Fsp3) is 0.115. The Morgan fingerprint density at radius 2 is 1.19 bits per heavy atom. The van der Waals surface area contributed by atoms with Crippen LogP contribution in [0.1, 0.15) is 20.8 Å². The molecular weight excluding hydrogens is 408 g/mol. The highest BCUT2D eigenvalue weighted by Gasteiger charge is 2.28. The van der Waals surface area contributed by atoms with Crippen LogP contribution in [-0.2, 0) is 14.4 Å². The first kappa shape index (κ1) is 19.8. The van der Waals surface area contributed by atoms with Gasteiger partial charge in [0.15, 0.2) is 0 Å². The van der Waals surface area contributed by atoms with Crippen molar-refractivity contribution in [3.63, 3.8) is 0 Å². The highest BCUT2D eigenvalue weighted by atomic mass is 16.5. The van der Waals surface area contributed by atoms with Gasteiger partial charge in [0.2, 0.25) is 0 Å². The number of hydrogen-bond acceptors (Lipinski definition) is 6. The SMILES string of the molecule is CC(=O)Oc1ccc2c3c(cccc13)-c1c-2cc(OC(C)=O)c2c(OC(C)=O)cccc12. The number of carbonyl (C=O) groups excluding carboxylic acids is 3. The second-order valence-corrected chi connectivity index (χ2v) is 7.60. The molecule has 0 saturated heterocycles. The molecule has 0 unspecified atom stereocenters. The molecule has 1 aliphatic rings. The molecule has 0 heterocycles. The maximum atomic E-state index is 11.9. The molecule has 0 aliphatic heterocycles. The van der Waals surface area contributed by atoms with Crippen LogP contribution in [0.5, 0.6) is 17.2 Å². The number of hydrogen-bond donors (Lipinski definition) is 0. The van der Waals surface area contributed by atoms with Gasteiger partial charge >= 0.3 is 17.9 Å². The normalized spacial score (nSPS) is 11.3. The van der Waals surface area contributed by atoms with E-state index in [1.54, 1.807) is 24.3 Å². The van der Waals surface area contributed by atoms with Crippen molar-refractivity contribution in [3.8, 4) is 39.5 Å². The van der Waals surface area contributed by atoms with E-state index in [0.717, 1.165) is 38.4 Å². The third-order valence-electron chi connectivity index (χ3n) is 5.41. The van der Waals surface area contributed by atoms with Crippen LogP contribution in [0.2, 0.25) is 0 Å². The molecule has 6 heteroatoms. The number of rotatable bonds is 3. The summed E-state index contributed by atoms with van der Waals surface area (Å²) in [7, 11) is 0. The van der Waals surface area contributed by atoms with Gasteiger partial charge in [-0.3, -0.25) is 14.4 Å². The molecule has 0 atom stereocenters. The monoisotopic (exact) mass is 426 g/mol. The number of esters is 3. The molecule has 0 saturated carbocycles.